The van der Waals surface area contributed by atoms with Gasteiger partial charge in [-0.15, -0.1) is 0 Å². The molecule has 0 spiro atoms. The molecule has 3 rings (SSSR count). The Labute approximate surface area is 197 Å². The van der Waals surface area contributed by atoms with Crippen molar-refractivity contribution in [3.8, 4) is 23.0 Å². The van der Waals surface area contributed by atoms with Gasteiger partial charge in [0.05, 0.1) is 21.3 Å². The third-order valence-electron chi connectivity index (χ3n) is 4.74. The van der Waals surface area contributed by atoms with E-state index in [1.165, 1.54) is 21.3 Å². The molecule has 3 N–H and O–H groups in total. The fourth-order valence-electron chi connectivity index (χ4n) is 3.00. The first kappa shape index (κ1) is 24.3. The molecule has 0 aliphatic carbocycles. The summed E-state index contributed by atoms with van der Waals surface area (Å²) in [6.07, 6.45) is 0. The van der Waals surface area contributed by atoms with E-state index in [2.05, 4.69) is 42.6 Å². The van der Waals surface area contributed by atoms with E-state index in [4.69, 9.17) is 18.9 Å². The second-order valence-corrected chi connectivity index (χ2v) is 7.49. The normalized spacial score (nSPS) is 14.8. The monoisotopic (exact) mass is 469 g/mol. The topological polar surface area (TPSA) is 140 Å². The number of hydrogen-bond acceptors (Lipinski definition) is 8. The average Bonchev–Trinajstić information content (AvgIpc) is 2.82. The van der Waals surface area contributed by atoms with Gasteiger partial charge in [-0.05, 0) is 32.7 Å². The highest BCUT2D eigenvalue weighted by Crippen LogP contribution is 2.40. The van der Waals surface area contributed by atoms with Gasteiger partial charge in [-0.25, -0.2) is 14.8 Å². The summed E-state index contributed by atoms with van der Waals surface area (Å²) in [6.45, 7) is 6.98. The molecule has 2 aromatic rings. The lowest BCUT2D eigenvalue weighted by molar-refractivity contribution is -0.139. The number of benzene rings is 1. The SMILES string of the molecule is C=N/C(=N\C(=NC)Nc1ccc2c(n1)NC(C)(C)C(=O)O2)Nc1cc(OC)c(OC)c(OC)c1. The number of aromatic nitrogens is 1. The Kier molecular flexibility index (Phi) is 7.19. The minimum Gasteiger partial charge on any atom is -0.493 e. The van der Waals surface area contributed by atoms with Crippen LogP contribution in [-0.2, 0) is 4.79 Å². The first-order valence-corrected chi connectivity index (χ1v) is 10.1. The van der Waals surface area contributed by atoms with Crippen molar-refractivity contribution >= 4 is 41.9 Å². The molecule has 1 aliphatic rings. The predicted octanol–water partition coefficient (Wildman–Crippen LogP) is 2.78. The molecule has 12 nitrogen and oxygen atoms in total. The molecule has 0 amide bonds. The molecule has 0 unspecified atom stereocenters. The van der Waals surface area contributed by atoms with Crippen LogP contribution >= 0.6 is 0 Å². The lowest BCUT2D eigenvalue weighted by atomic mass is 10.0. The molecule has 0 saturated heterocycles. The van der Waals surface area contributed by atoms with E-state index in [9.17, 15) is 4.79 Å². The van der Waals surface area contributed by atoms with Crippen LogP contribution in [0.4, 0.5) is 17.3 Å². The number of aliphatic imine (C=N–C) groups is 3. The first-order valence-electron chi connectivity index (χ1n) is 10.1. The Bertz CT molecular complexity index is 1140. The van der Waals surface area contributed by atoms with Crippen molar-refractivity contribution in [1.29, 1.82) is 0 Å². The number of esters is 1. The van der Waals surface area contributed by atoms with E-state index < -0.39 is 5.54 Å². The summed E-state index contributed by atoms with van der Waals surface area (Å²) in [5, 5.41) is 9.10. The van der Waals surface area contributed by atoms with Crippen LogP contribution < -0.4 is 34.9 Å². The van der Waals surface area contributed by atoms with Gasteiger partial charge in [0.25, 0.3) is 0 Å². The van der Waals surface area contributed by atoms with Gasteiger partial charge in [0.2, 0.25) is 17.7 Å². The number of pyridine rings is 1. The lowest BCUT2D eigenvalue weighted by Crippen LogP contribution is -2.46. The molecule has 34 heavy (non-hydrogen) atoms. The van der Waals surface area contributed by atoms with Crippen LogP contribution in [0.15, 0.2) is 39.2 Å². The molecule has 180 valence electrons. The summed E-state index contributed by atoms with van der Waals surface area (Å²) in [5.74, 6) is 2.56. The van der Waals surface area contributed by atoms with E-state index in [0.717, 1.165) is 0 Å². The Hall–Kier alpha value is -4.35. The van der Waals surface area contributed by atoms with Gasteiger partial charge in [0.1, 0.15) is 11.4 Å². The average molecular weight is 470 g/mol. The van der Waals surface area contributed by atoms with Crippen LogP contribution in [0.5, 0.6) is 23.0 Å². The van der Waals surface area contributed by atoms with Gasteiger partial charge in [-0.3, -0.25) is 4.99 Å². The van der Waals surface area contributed by atoms with Crippen LogP contribution in [0, 0.1) is 0 Å². The van der Waals surface area contributed by atoms with Gasteiger partial charge in [-0.1, -0.05) is 0 Å². The number of hydrogen-bond donors (Lipinski definition) is 3. The number of nitrogens with one attached hydrogen (secondary N) is 3. The summed E-state index contributed by atoms with van der Waals surface area (Å²) < 4.78 is 21.4. The van der Waals surface area contributed by atoms with Crippen molar-refractivity contribution in [2.45, 2.75) is 19.4 Å². The van der Waals surface area contributed by atoms with E-state index in [0.29, 0.717) is 40.3 Å². The van der Waals surface area contributed by atoms with Crippen LogP contribution in [0.1, 0.15) is 13.8 Å². The third kappa shape index (κ3) is 5.17. The Morgan fingerprint density at radius 2 is 1.76 bits per heavy atom. The summed E-state index contributed by atoms with van der Waals surface area (Å²) in [5.41, 5.74) is -0.320. The molecule has 12 heteroatoms. The fourth-order valence-corrected chi connectivity index (χ4v) is 3.00. The molecule has 0 saturated carbocycles. The summed E-state index contributed by atoms with van der Waals surface area (Å²) >= 11 is 0. The van der Waals surface area contributed by atoms with Gasteiger partial charge in [0.15, 0.2) is 23.1 Å². The fraction of sp³-hybridized carbons (Fsp3) is 0.318. The standard InChI is InChI=1S/C22H27N7O5/c1-22(2)19(30)34-13-8-9-16(26-18(13)29-22)27-21(24-4)28-20(23-3)25-12-10-14(31-5)17(33-7)15(11-12)32-6/h8-11H,3H2,1-2,4-7H3,(H3,24,25,26,27,28,29). The minimum atomic E-state index is -0.900. The zero-order valence-corrected chi connectivity index (χ0v) is 19.8. The Morgan fingerprint density at radius 1 is 1.09 bits per heavy atom. The van der Waals surface area contributed by atoms with Crippen LogP contribution in [0.3, 0.4) is 0 Å². The van der Waals surface area contributed by atoms with E-state index >= 15 is 0 Å². The largest absolute Gasteiger partial charge is 0.493 e. The summed E-state index contributed by atoms with van der Waals surface area (Å²) in [7, 11) is 6.14. The number of methoxy groups -OCH3 is 3. The van der Waals surface area contributed by atoms with E-state index in [-0.39, 0.29) is 17.9 Å². The van der Waals surface area contributed by atoms with Crippen molar-refractivity contribution in [1.82, 2.24) is 4.98 Å². The number of rotatable bonds is 5. The molecule has 0 radical (unpaired) electrons. The highest BCUT2D eigenvalue weighted by atomic mass is 16.5. The van der Waals surface area contributed by atoms with Crippen LogP contribution in [0.25, 0.3) is 0 Å². The second kappa shape index (κ2) is 10.1. The molecule has 0 bridgehead atoms. The van der Waals surface area contributed by atoms with Gasteiger partial charge >= 0.3 is 5.97 Å². The highest BCUT2D eigenvalue weighted by molar-refractivity contribution is 6.07. The van der Waals surface area contributed by atoms with Crippen molar-refractivity contribution in [2.75, 3.05) is 44.3 Å². The first-order chi connectivity index (χ1) is 16.2. The number of fused-ring (bicyclic) bond motifs is 1. The number of anilines is 3. The van der Waals surface area contributed by atoms with Crippen molar-refractivity contribution < 1.29 is 23.7 Å². The van der Waals surface area contributed by atoms with E-state index in [1.54, 1.807) is 45.2 Å². The van der Waals surface area contributed by atoms with Crippen molar-refractivity contribution in [3.63, 3.8) is 0 Å². The summed E-state index contributed by atoms with van der Waals surface area (Å²) in [4.78, 5) is 28.9. The van der Waals surface area contributed by atoms with Crippen LogP contribution in [-0.4, -0.2) is 63.5 Å². The zero-order valence-electron chi connectivity index (χ0n) is 19.8. The third-order valence-corrected chi connectivity index (χ3v) is 4.74. The minimum absolute atomic E-state index is 0.161. The van der Waals surface area contributed by atoms with Crippen LogP contribution in [0.2, 0.25) is 0 Å². The highest BCUT2D eigenvalue weighted by Gasteiger charge is 2.36. The summed E-state index contributed by atoms with van der Waals surface area (Å²) in [6, 6.07) is 6.68. The number of carbonyl (C=O) groups excluding carboxylic acids is 1. The van der Waals surface area contributed by atoms with Gasteiger partial charge in [-0.2, -0.15) is 4.99 Å². The number of carbonyl (C=O) groups is 1. The smallest absolute Gasteiger partial charge is 0.336 e. The maximum Gasteiger partial charge on any atom is 0.336 e. The molecular formula is C22H27N7O5. The second-order valence-electron chi connectivity index (χ2n) is 7.49. The molecule has 0 fully saturated rings. The van der Waals surface area contributed by atoms with Gasteiger partial charge < -0.3 is 34.9 Å². The van der Waals surface area contributed by atoms with Gasteiger partial charge in [0, 0.05) is 24.9 Å². The quantitative estimate of drug-likeness (QED) is 0.342. The molecular weight excluding hydrogens is 442 g/mol. The number of ether oxygens (including phenoxy) is 4. The Balaban J connectivity index is 1.82. The van der Waals surface area contributed by atoms with Crippen molar-refractivity contribution in [3.05, 3.63) is 24.3 Å². The molecule has 0 atom stereocenters. The molecule has 1 aliphatic heterocycles. The maximum atomic E-state index is 12.0. The number of guanidine groups is 2. The molecule has 1 aromatic heterocycles. The number of nitrogens with zero attached hydrogens (tertiary/aromatic N) is 4. The van der Waals surface area contributed by atoms with E-state index in [1.807, 2.05) is 0 Å². The Morgan fingerprint density at radius 3 is 2.32 bits per heavy atom. The molecule has 2 heterocycles. The predicted molar refractivity (Wildman–Crippen MR) is 131 cm³/mol. The lowest BCUT2D eigenvalue weighted by Gasteiger charge is -2.30. The van der Waals surface area contributed by atoms with Crippen molar-refractivity contribution in [2.24, 2.45) is 15.0 Å². The maximum absolute atomic E-state index is 12.0. The molecule has 1 aromatic carbocycles. The zero-order chi connectivity index (χ0) is 24.9.